The predicted octanol–water partition coefficient (Wildman–Crippen LogP) is 7.09. The van der Waals surface area contributed by atoms with E-state index in [1.54, 1.807) is 24.3 Å². The Morgan fingerprint density at radius 2 is 1.65 bits per heavy atom. The molecule has 0 saturated heterocycles. The Labute approximate surface area is 216 Å². The van der Waals surface area contributed by atoms with Gasteiger partial charge in [0, 0.05) is 17.8 Å². The highest BCUT2D eigenvalue weighted by atomic mass is 19.1. The van der Waals surface area contributed by atoms with Crippen molar-refractivity contribution < 1.29 is 24.2 Å². The second kappa shape index (κ2) is 9.85. The maximum Gasteiger partial charge on any atom is 0.339 e. The van der Waals surface area contributed by atoms with Crippen molar-refractivity contribution in [3.8, 4) is 5.75 Å². The van der Waals surface area contributed by atoms with Crippen LogP contribution in [0, 0.1) is 5.82 Å². The van der Waals surface area contributed by atoms with Crippen LogP contribution in [0.1, 0.15) is 83.5 Å². The minimum Gasteiger partial charge on any atom is -0.507 e. The number of nitrogens with one attached hydrogen (secondary N) is 1. The second-order valence-corrected chi connectivity index (χ2v) is 11.0. The van der Waals surface area contributed by atoms with Gasteiger partial charge in [-0.3, -0.25) is 4.79 Å². The molecule has 6 heteroatoms. The highest BCUT2D eigenvalue weighted by Crippen LogP contribution is 2.49. The summed E-state index contributed by atoms with van der Waals surface area (Å²) in [7, 11) is 0. The molecule has 0 amide bonds. The van der Waals surface area contributed by atoms with Gasteiger partial charge in [-0.05, 0) is 88.4 Å². The van der Waals surface area contributed by atoms with E-state index in [9.17, 15) is 19.1 Å². The van der Waals surface area contributed by atoms with E-state index in [-0.39, 0.29) is 33.7 Å². The fourth-order valence-electron chi connectivity index (χ4n) is 4.97. The molecule has 1 aliphatic carbocycles. The molecule has 0 atom stereocenters. The van der Waals surface area contributed by atoms with Crippen molar-refractivity contribution in [3.63, 3.8) is 0 Å². The maximum absolute atomic E-state index is 13.4. The fraction of sp³-hybridized carbons (Fsp3) is 0.290. The molecule has 37 heavy (non-hydrogen) atoms. The molecule has 0 heterocycles. The Morgan fingerprint density at radius 3 is 2.30 bits per heavy atom. The number of aromatic carboxylic acids is 1. The van der Waals surface area contributed by atoms with Crippen molar-refractivity contribution in [2.75, 3.05) is 5.32 Å². The SMILES string of the molecule is CC1(C)CCC(C)(C)c2c(NCc3ccc(F)cc3)cc(C(=O)C=Cc3ccc(C(=O)O)c(O)c3)cc21. The number of carboxylic acids is 1. The molecular weight excluding hydrogens is 469 g/mol. The molecule has 0 unspecified atom stereocenters. The number of halogens is 1. The number of phenols is 1. The third-order valence-corrected chi connectivity index (χ3v) is 7.28. The number of fused-ring (bicyclic) bond motifs is 1. The van der Waals surface area contributed by atoms with Gasteiger partial charge in [0.25, 0.3) is 0 Å². The summed E-state index contributed by atoms with van der Waals surface area (Å²) in [4.78, 5) is 24.4. The van der Waals surface area contributed by atoms with Gasteiger partial charge in [0.1, 0.15) is 17.1 Å². The maximum atomic E-state index is 13.4. The number of hydrogen-bond acceptors (Lipinski definition) is 4. The van der Waals surface area contributed by atoms with E-state index in [0.29, 0.717) is 17.7 Å². The molecule has 3 aromatic carbocycles. The number of aromatic hydroxyl groups is 1. The Bertz CT molecular complexity index is 1390. The summed E-state index contributed by atoms with van der Waals surface area (Å²) in [6.07, 6.45) is 5.00. The zero-order valence-electron chi connectivity index (χ0n) is 21.6. The summed E-state index contributed by atoms with van der Waals surface area (Å²) in [5.41, 5.74) is 4.81. The van der Waals surface area contributed by atoms with Crippen molar-refractivity contribution >= 4 is 23.5 Å². The minimum atomic E-state index is -1.22. The third kappa shape index (κ3) is 5.58. The number of benzene rings is 3. The van der Waals surface area contributed by atoms with Crippen molar-refractivity contribution in [1.82, 2.24) is 0 Å². The fourth-order valence-corrected chi connectivity index (χ4v) is 4.97. The van der Waals surface area contributed by atoms with Crippen LogP contribution in [0.4, 0.5) is 10.1 Å². The smallest absolute Gasteiger partial charge is 0.339 e. The van der Waals surface area contributed by atoms with Crippen LogP contribution in [0.5, 0.6) is 5.75 Å². The molecule has 0 aliphatic heterocycles. The van der Waals surface area contributed by atoms with Gasteiger partial charge in [-0.1, -0.05) is 52.0 Å². The molecular formula is C31H32FNO4. The summed E-state index contributed by atoms with van der Waals surface area (Å²) in [6.45, 7) is 9.33. The number of rotatable bonds is 7. The van der Waals surface area contributed by atoms with Crippen LogP contribution in [-0.2, 0) is 17.4 Å². The Kier molecular flexibility index (Phi) is 6.96. The van der Waals surface area contributed by atoms with Gasteiger partial charge in [0.05, 0.1) is 0 Å². The zero-order chi connectivity index (χ0) is 27.0. The summed E-state index contributed by atoms with van der Waals surface area (Å²) in [6, 6.07) is 14.4. The zero-order valence-corrected chi connectivity index (χ0v) is 21.6. The molecule has 0 saturated carbocycles. The lowest BCUT2D eigenvalue weighted by Crippen LogP contribution is -2.35. The van der Waals surface area contributed by atoms with Crippen LogP contribution in [0.2, 0.25) is 0 Å². The van der Waals surface area contributed by atoms with Crippen molar-refractivity contribution in [2.24, 2.45) is 0 Å². The van der Waals surface area contributed by atoms with Gasteiger partial charge in [-0.2, -0.15) is 0 Å². The quantitative estimate of drug-likeness (QED) is 0.238. The van der Waals surface area contributed by atoms with Crippen molar-refractivity contribution in [3.05, 3.63) is 99.9 Å². The highest BCUT2D eigenvalue weighted by molar-refractivity contribution is 6.07. The Hall–Kier alpha value is -3.93. The number of anilines is 1. The first-order chi connectivity index (χ1) is 17.4. The normalized spacial score (nSPS) is 15.8. The van der Waals surface area contributed by atoms with E-state index in [1.165, 1.54) is 35.9 Å². The number of hydrogen-bond donors (Lipinski definition) is 3. The summed E-state index contributed by atoms with van der Waals surface area (Å²) in [5.74, 6) is -2.06. The first kappa shape index (κ1) is 26.1. The molecule has 1 aliphatic rings. The van der Waals surface area contributed by atoms with E-state index in [4.69, 9.17) is 5.11 Å². The highest BCUT2D eigenvalue weighted by Gasteiger charge is 2.39. The van der Waals surface area contributed by atoms with E-state index in [2.05, 4.69) is 33.0 Å². The number of carboxylic acid groups (broad SMARTS) is 1. The third-order valence-electron chi connectivity index (χ3n) is 7.28. The lowest BCUT2D eigenvalue weighted by molar-refractivity contribution is 0.0693. The molecule has 4 rings (SSSR count). The number of allylic oxidation sites excluding steroid dienone is 1. The molecule has 0 spiro atoms. The van der Waals surface area contributed by atoms with Gasteiger partial charge in [0.2, 0.25) is 0 Å². The molecule has 0 bridgehead atoms. The van der Waals surface area contributed by atoms with E-state index < -0.39 is 5.97 Å². The van der Waals surface area contributed by atoms with Crippen LogP contribution in [0.3, 0.4) is 0 Å². The average Bonchev–Trinajstić information content (AvgIpc) is 2.84. The summed E-state index contributed by atoms with van der Waals surface area (Å²) in [5, 5.41) is 22.6. The van der Waals surface area contributed by atoms with Gasteiger partial charge < -0.3 is 15.5 Å². The Balaban J connectivity index is 1.71. The molecule has 0 aromatic heterocycles. The lowest BCUT2D eigenvalue weighted by atomic mass is 9.62. The van der Waals surface area contributed by atoms with Crippen LogP contribution in [-0.4, -0.2) is 22.0 Å². The van der Waals surface area contributed by atoms with E-state index >= 15 is 0 Å². The topological polar surface area (TPSA) is 86.6 Å². The van der Waals surface area contributed by atoms with Gasteiger partial charge in [-0.15, -0.1) is 0 Å². The largest absolute Gasteiger partial charge is 0.507 e. The lowest BCUT2D eigenvalue weighted by Gasteiger charge is -2.43. The second-order valence-electron chi connectivity index (χ2n) is 11.0. The van der Waals surface area contributed by atoms with Crippen LogP contribution < -0.4 is 5.32 Å². The Morgan fingerprint density at radius 1 is 0.973 bits per heavy atom. The van der Waals surface area contributed by atoms with Gasteiger partial charge in [-0.25, -0.2) is 9.18 Å². The monoisotopic (exact) mass is 501 g/mol. The summed E-state index contributed by atoms with van der Waals surface area (Å²) >= 11 is 0. The van der Waals surface area contributed by atoms with Crippen LogP contribution >= 0.6 is 0 Å². The first-order valence-electron chi connectivity index (χ1n) is 12.3. The van der Waals surface area contributed by atoms with Gasteiger partial charge >= 0.3 is 5.97 Å². The molecule has 5 nitrogen and oxygen atoms in total. The molecule has 3 N–H and O–H groups in total. The summed E-state index contributed by atoms with van der Waals surface area (Å²) < 4.78 is 13.4. The number of ketones is 1. The number of carbonyl (C=O) groups is 2. The standard InChI is InChI=1S/C31H32FNO4/c1-30(2)13-14-31(3,4)28-24(30)16-21(17-25(28)33-18-20-5-9-22(32)10-6-20)26(34)12-8-19-7-11-23(29(36)37)27(35)15-19/h5-12,15-17,33,35H,13-14,18H2,1-4H3,(H,36,37). The predicted molar refractivity (Wildman–Crippen MR) is 144 cm³/mol. The average molecular weight is 502 g/mol. The molecule has 192 valence electrons. The molecule has 0 radical (unpaired) electrons. The van der Waals surface area contributed by atoms with Crippen LogP contribution in [0.25, 0.3) is 6.08 Å². The molecule has 0 fully saturated rings. The minimum absolute atomic E-state index is 0.0865. The first-order valence-corrected chi connectivity index (χ1v) is 12.3. The van der Waals surface area contributed by atoms with Crippen molar-refractivity contribution in [1.29, 1.82) is 0 Å². The molecule has 3 aromatic rings. The van der Waals surface area contributed by atoms with E-state index in [0.717, 1.165) is 29.7 Å². The van der Waals surface area contributed by atoms with Crippen molar-refractivity contribution in [2.45, 2.75) is 57.9 Å². The van der Waals surface area contributed by atoms with Gasteiger partial charge in [0.15, 0.2) is 5.78 Å². The van der Waals surface area contributed by atoms with E-state index in [1.807, 2.05) is 12.1 Å². The number of carbonyl (C=O) groups excluding carboxylic acids is 1. The van der Waals surface area contributed by atoms with Crippen LogP contribution in [0.15, 0.2) is 60.7 Å².